The fourth-order valence-corrected chi connectivity index (χ4v) is 4.92. The first-order valence-electron chi connectivity index (χ1n) is 12.0. The van der Waals surface area contributed by atoms with E-state index in [1.807, 2.05) is 36.4 Å². The first kappa shape index (κ1) is 22.3. The smallest absolute Gasteiger partial charge is 0.179 e. The van der Waals surface area contributed by atoms with Gasteiger partial charge in [-0.1, -0.05) is 91.0 Å². The van der Waals surface area contributed by atoms with Crippen LogP contribution in [0.1, 0.15) is 15.9 Å². The quantitative estimate of drug-likeness (QED) is 0.356. The standard InChI is InChI=1S/C30H31N3O/c1-31-27-17-9-8-16-26(27)29(30(31)25-14-6-3-7-15-25)28(34)23-33-21-19-32(20-22-33)18-10-13-24-11-4-2-5-12-24/h2-17H,18-23H2,1H3/b13-10+. The van der Waals surface area contributed by atoms with Gasteiger partial charge in [-0.3, -0.25) is 14.6 Å². The van der Waals surface area contributed by atoms with Gasteiger partial charge in [0.25, 0.3) is 0 Å². The second kappa shape index (κ2) is 10.2. The maximum atomic E-state index is 13.7. The van der Waals surface area contributed by atoms with Crippen LogP contribution in [0.2, 0.25) is 0 Å². The number of aromatic nitrogens is 1. The third-order valence-electron chi connectivity index (χ3n) is 6.74. The van der Waals surface area contributed by atoms with Crippen LogP contribution < -0.4 is 0 Å². The molecule has 4 aromatic rings. The number of aryl methyl sites for hydroxylation is 1. The van der Waals surface area contributed by atoms with E-state index in [0.717, 1.165) is 60.4 Å². The van der Waals surface area contributed by atoms with Crippen LogP contribution in [-0.4, -0.2) is 59.4 Å². The number of rotatable bonds is 7. The SMILES string of the molecule is Cn1c(-c2ccccc2)c(C(=O)CN2CCN(C/C=C/c3ccccc3)CC2)c2ccccc21. The van der Waals surface area contributed by atoms with Crippen LogP contribution in [0.3, 0.4) is 0 Å². The van der Waals surface area contributed by atoms with Gasteiger partial charge in [-0.05, 0) is 17.2 Å². The number of fused-ring (bicyclic) bond motifs is 1. The van der Waals surface area contributed by atoms with Crippen molar-refractivity contribution in [2.45, 2.75) is 0 Å². The zero-order valence-corrected chi connectivity index (χ0v) is 19.7. The molecule has 4 heteroatoms. The Labute approximate surface area is 201 Å². The molecule has 0 saturated carbocycles. The van der Waals surface area contributed by atoms with Crippen molar-refractivity contribution >= 4 is 22.8 Å². The second-order valence-electron chi connectivity index (χ2n) is 8.98. The minimum absolute atomic E-state index is 0.202. The lowest BCUT2D eigenvalue weighted by Crippen LogP contribution is -2.47. The van der Waals surface area contributed by atoms with Crippen LogP contribution in [0.4, 0.5) is 0 Å². The van der Waals surface area contributed by atoms with Crippen LogP contribution in [0.25, 0.3) is 28.2 Å². The summed E-state index contributed by atoms with van der Waals surface area (Å²) >= 11 is 0. The van der Waals surface area contributed by atoms with Crippen LogP contribution in [0.15, 0.2) is 91.0 Å². The average Bonchev–Trinajstić information content (AvgIpc) is 3.19. The topological polar surface area (TPSA) is 28.5 Å². The van der Waals surface area contributed by atoms with Gasteiger partial charge in [-0.2, -0.15) is 0 Å². The largest absolute Gasteiger partial charge is 0.343 e. The Bertz CT molecular complexity index is 1280. The van der Waals surface area contributed by atoms with Crippen molar-refractivity contribution in [3.05, 3.63) is 102 Å². The molecule has 1 aromatic heterocycles. The third-order valence-corrected chi connectivity index (χ3v) is 6.74. The monoisotopic (exact) mass is 449 g/mol. The molecule has 0 unspecified atom stereocenters. The number of para-hydroxylation sites is 1. The molecule has 2 heterocycles. The van der Waals surface area contributed by atoms with E-state index in [0.29, 0.717) is 6.54 Å². The fraction of sp³-hybridized carbons (Fsp3) is 0.233. The van der Waals surface area contributed by atoms with Gasteiger partial charge in [0.2, 0.25) is 0 Å². The van der Waals surface area contributed by atoms with Gasteiger partial charge in [0.1, 0.15) is 0 Å². The first-order valence-corrected chi connectivity index (χ1v) is 12.0. The molecule has 0 aliphatic carbocycles. The molecule has 0 amide bonds. The number of ketones is 1. The van der Waals surface area contributed by atoms with E-state index in [-0.39, 0.29) is 5.78 Å². The van der Waals surface area contributed by atoms with Crippen molar-refractivity contribution < 1.29 is 4.79 Å². The fourth-order valence-electron chi connectivity index (χ4n) is 4.92. The number of hydrogen-bond donors (Lipinski definition) is 0. The normalized spacial score (nSPS) is 15.3. The van der Waals surface area contributed by atoms with Crippen LogP contribution >= 0.6 is 0 Å². The van der Waals surface area contributed by atoms with E-state index in [1.165, 1.54) is 5.56 Å². The second-order valence-corrected chi connectivity index (χ2v) is 8.98. The maximum absolute atomic E-state index is 13.7. The van der Waals surface area contributed by atoms with Crippen molar-refractivity contribution in [3.63, 3.8) is 0 Å². The summed E-state index contributed by atoms with van der Waals surface area (Å²) in [6.45, 7) is 5.19. The molecule has 0 N–H and O–H groups in total. The number of benzene rings is 3. The Morgan fingerprint density at radius 1 is 0.794 bits per heavy atom. The van der Waals surface area contributed by atoms with Crippen LogP contribution in [0, 0.1) is 0 Å². The average molecular weight is 450 g/mol. The third kappa shape index (κ3) is 4.74. The summed E-state index contributed by atoms with van der Waals surface area (Å²) in [4.78, 5) is 18.4. The zero-order valence-electron chi connectivity index (χ0n) is 19.7. The Hall–Kier alpha value is -3.47. The van der Waals surface area contributed by atoms with E-state index in [4.69, 9.17) is 0 Å². The lowest BCUT2D eigenvalue weighted by Gasteiger charge is -2.33. The predicted octanol–water partition coefficient (Wildman–Crippen LogP) is 5.36. The van der Waals surface area contributed by atoms with Crippen molar-refractivity contribution in [3.8, 4) is 11.3 Å². The molecule has 1 aliphatic rings. The molecule has 4 nitrogen and oxygen atoms in total. The van der Waals surface area contributed by atoms with Crippen molar-refractivity contribution in [1.29, 1.82) is 0 Å². The van der Waals surface area contributed by atoms with E-state index in [1.54, 1.807) is 0 Å². The first-order chi connectivity index (χ1) is 16.7. The van der Waals surface area contributed by atoms with Gasteiger partial charge < -0.3 is 4.57 Å². The van der Waals surface area contributed by atoms with Gasteiger partial charge >= 0.3 is 0 Å². The summed E-state index contributed by atoms with van der Waals surface area (Å²) in [5.74, 6) is 0.202. The molecule has 0 radical (unpaired) electrons. The molecule has 1 fully saturated rings. The van der Waals surface area contributed by atoms with E-state index in [9.17, 15) is 4.79 Å². The van der Waals surface area contributed by atoms with Crippen molar-refractivity contribution in [2.75, 3.05) is 39.3 Å². The number of nitrogens with zero attached hydrogens (tertiary/aromatic N) is 3. The molecule has 172 valence electrons. The Morgan fingerprint density at radius 2 is 1.41 bits per heavy atom. The van der Waals surface area contributed by atoms with Crippen LogP contribution in [-0.2, 0) is 7.05 Å². The molecule has 3 aromatic carbocycles. The maximum Gasteiger partial charge on any atom is 0.179 e. The minimum atomic E-state index is 0.202. The van der Waals surface area contributed by atoms with Gasteiger partial charge in [-0.25, -0.2) is 0 Å². The minimum Gasteiger partial charge on any atom is -0.343 e. The number of carbonyl (C=O) groups is 1. The summed E-state index contributed by atoms with van der Waals surface area (Å²) in [7, 11) is 2.06. The molecular weight excluding hydrogens is 418 g/mol. The predicted molar refractivity (Wildman–Crippen MR) is 141 cm³/mol. The van der Waals surface area contributed by atoms with E-state index in [2.05, 4.69) is 82.1 Å². The highest BCUT2D eigenvalue weighted by Gasteiger charge is 2.25. The molecular formula is C30H31N3O. The molecule has 1 aliphatic heterocycles. The molecule has 5 rings (SSSR count). The summed E-state index contributed by atoms with van der Waals surface area (Å²) in [5.41, 5.74) is 5.27. The van der Waals surface area contributed by atoms with Gasteiger partial charge in [-0.15, -0.1) is 0 Å². The van der Waals surface area contributed by atoms with E-state index < -0.39 is 0 Å². The molecule has 34 heavy (non-hydrogen) atoms. The summed E-state index contributed by atoms with van der Waals surface area (Å²) in [6, 6.07) is 28.9. The highest BCUT2D eigenvalue weighted by atomic mass is 16.1. The number of Topliss-reactive ketones (excluding diaryl/α,β-unsaturated/α-hetero) is 1. The van der Waals surface area contributed by atoms with Crippen molar-refractivity contribution in [1.82, 2.24) is 14.4 Å². The molecule has 1 saturated heterocycles. The Kier molecular flexibility index (Phi) is 6.70. The lowest BCUT2D eigenvalue weighted by molar-refractivity contribution is 0.0867. The highest BCUT2D eigenvalue weighted by Crippen LogP contribution is 2.33. The molecule has 0 atom stereocenters. The summed E-state index contributed by atoms with van der Waals surface area (Å²) in [5, 5.41) is 1.04. The number of piperazine rings is 1. The Morgan fingerprint density at radius 3 is 2.15 bits per heavy atom. The highest BCUT2D eigenvalue weighted by molar-refractivity contribution is 6.14. The van der Waals surface area contributed by atoms with Gasteiger partial charge in [0.05, 0.1) is 17.8 Å². The number of hydrogen-bond acceptors (Lipinski definition) is 3. The summed E-state index contributed by atoms with van der Waals surface area (Å²) in [6.07, 6.45) is 4.42. The Balaban J connectivity index is 1.27. The van der Waals surface area contributed by atoms with Gasteiger partial charge in [0, 0.05) is 50.7 Å². The van der Waals surface area contributed by atoms with Crippen molar-refractivity contribution in [2.24, 2.45) is 7.05 Å². The summed E-state index contributed by atoms with van der Waals surface area (Å²) < 4.78 is 2.16. The van der Waals surface area contributed by atoms with Gasteiger partial charge in [0.15, 0.2) is 5.78 Å². The van der Waals surface area contributed by atoms with Crippen LogP contribution in [0.5, 0.6) is 0 Å². The van der Waals surface area contributed by atoms with E-state index >= 15 is 0 Å². The number of carbonyl (C=O) groups excluding carboxylic acids is 1. The molecule has 0 spiro atoms. The zero-order chi connectivity index (χ0) is 23.3. The molecule has 0 bridgehead atoms. The lowest BCUT2D eigenvalue weighted by atomic mass is 10.0.